The molecule has 0 radical (unpaired) electrons. The first-order valence-electron chi connectivity index (χ1n) is 6.48. The van der Waals surface area contributed by atoms with E-state index in [0.717, 1.165) is 0 Å². The number of aromatic nitrogens is 1. The highest BCUT2D eigenvalue weighted by atomic mass is 35.5. The van der Waals surface area contributed by atoms with Crippen molar-refractivity contribution in [2.24, 2.45) is 0 Å². The van der Waals surface area contributed by atoms with E-state index in [2.05, 4.69) is 10.3 Å². The maximum Gasteiger partial charge on any atom is 0.258 e. The van der Waals surface area contributed by atoms with Crippen molar-refractivity contribution >= 4 is 29.0 Å². The SMILES string of the molecule is CCN(C(=O)c1cc(Cl)nc(NC)c1)c1cccc(F)c1. The molecule has 0 atom stereocenters. The van der Waals surface area contributed by atoms with E-state index >= 15 is 0 Å². The smallest absolute Gasteiger partial charge is 0.258 e. The van der Waals surface area contributed by atoms with Crippen molar-refractivity contribution in [3.63, 3.8) is 0 Å². The molecule has 1 aromatic carbocycles. The number of carbonyl (C=O) groups excluding carboxylic acids is 1. The molecule has 21 heavy (non-hydrogen) atoms. The number of pyridine rings is 1. The molecule has 6 heteroatoms. The van der Waals surface area contributed by atoms with Gasteiger partial charge in [-0.05, 0) is 37.3 Å². The van der Waals surface area contributed by atoms with Crippen molar-refractivity contribution < 1.29 is 9.18 Å². The minimum atomic E-state index is -0.387. The van der Waals surface area contributed by atoms with Crippen molar-refractivity contribution in [3.05, 3.63) is 52.9 Å². The number of halogens is 2. The van der Waals surface area contributed by atoms with Gasteiger partial charge in [-0.2, -0.15) is 0 Å². The minimum absolute atomic E-state index is 0.223. The summed E-state index contributed by atoms with van der Waals surface area (Å²) in [6.45, 7) is 2.24. The predicted octanol–water partition coefficient (Wildman–Crippen LogP) is 3.58. The number of hydrogen-bond acceptors (Lipinski definition) is 3. The van der Waals surface area contributed by atoms with E-state index in [1.165, 1.54) is 23.1 Å². The maximum atomic E-state index is 13.3. The molecule has 0 spiro atoms. The number of amides is 1. The van der Waals surface area contributed by atoms with Gasteiger partial charge in [-0.15, -0.1) is 0 Å². The maximum absolute atomic E-state index is 13.3. The van der Waals surface area contributed by atoms with Crippen LogP contribution < -0.4 is 10.2 Å². The van der Waals surface area contributed by atoms with Crippen LogP contribution in [0.25, 0.3) is 0 Å². The zero-order chi connectivity index (χ0) is 15.4. The molecule has 0 saturated heterocycles. The fourth-order valence-corrected chi connectivity index (χ4v) is 2.20. The van der Waals surface area contributed by atoms with Crippen molar-refractivity contribution in [2.75, 3.05) is 23.8 Å². The van der Waals surface area contributed by atoms with Crippen molar-refractivity contribution in [2.45, 2.75) is 6.92 Å². The largest absolute Gasteiger partial charge is 0.373 e. The van der Waals surface area contributed by atoms with Crippen LogP contribution in [-0.4, -0.2) is 24.5 Å². The Kier molecular flexibility index (Phi) is 4.75. The number of hydrogen-bond donors (Lipinski definition) is 1. The van der Waals surface area contributed by atoms with Crippen LogP contribution >= 0.6 is 11.6 Å². The molecule has 0 fully saturated rings. The van der Waals surface area contributed by atoms with E-state index < -0.39 is 0 Å². The van der Waals surface area contributed by atoms with Gasteiger partial charge >= 0.3 is 0 Å². The van der Waals surface area contributed by atoms with Gasteiger partial charge in [0.15, 0.2) is 0 Å². The van der Waals surface area contributed by atoms with Crippen LogP contribution in [0.4, 0.5) is 15.9 Å². The number of benzene rings is 1. The van der Waals surface area contributed by atoms with Crippen LogP contribution in [0.5, 0.6) is 0 Å². The van der Waals surface area contributed by atoms with Gasteiger partial charge in [0.05, 0.1) is 0 Å². The summed E-state index contributed by atoms with van der Waals surface area (Å²) in [5.74, 6) is -0.146. The highest BCUT2D eigenvalue weighted by Gasteiger charge is 2.18. The monoisotopic (exact) mass is 307 g/mol. The summed E-state index contributed by atoms with van der Waals surface area (Å²) in [7, 11) is 1.69. The average Bonchev–Trinajstić information content (AvgIpc) is 2.47. The molecule has 1 amide bonds. The van der Waals surface area contributed by atoms with Gasteiger partial charge in [-0.1, -0.05) is 17.7 Å². The molecular weight excluding hydrogens is 293 g/mol. The number of carbonyl (C=O) groups is 1. The third-order valence-corrected chi connectivity index (χ3v) is 3.17. The summed E-state index contributed by atoms with van der Waals surface area (Å²) >= 11 is 5.91. The van der Waals surface area contributed by atoms with Gasteiger partial charge in [0.25, 0.3) is 5.91 Å². The molecule has 4 nitrogen and oxygen atoms in total. The standard InChI is InChI=1S/C15H15ClFN3O/c1-3-20(12-6-4-5-11(17)9-12)15(21)10-7-13(16)19-14(8-10)18-2/h4-9H,3H2,1-2H3,(H,18,19). The van der Waals surface area contributed by atoms with Crippen LogP contribution in [0.2, 0.25) is 5.15 Å². The Balaban J connectivity index is 2.39. The van der Waals surface area contributed by atoms with E-state index in [-0.39, 0.29) is 16.9 Å². The van der Waals surface area contributed by atoms with Gasteiger partial charge < -0.3 is 10.2 Å². The van der Waals surface area contributed by atoms with E-state index in [1.54, 1.807) is 25.2 Å². The number of nitrogens with zero attached hydrogens (tertiary/aromatic N) is 2. The molecule has 0 bridgehead atoms. The molecule has 0 aliphatic heterocycles. The Morgan fingerprint density at radius 3 is 2.76 bits per heavy atom. The lowest BCUT2D eigenvalue weighted by molar-refractivity contribution is 0.0988. The molecule has 1 aromatic heterocycles. The molecule has 1 heterocycles. The highest BCUT2D eigenvalue weighted by Crippen LogP contribution is 2.21. The number of nitrogens with one attached hydrogen (secondary N) is 1. The van der Waals surface area contributed by atoms with Crippen LogP contribution in [0, 0.1) is 5.82 Å². The molecule has 0 aliphatic rings. The third kappa shape index (κ3) is 3.49. The van der Waals surface area contributed by atoms with Gasteiger partial charge in [0.1, 0.15) is 16.8 Å². The fourth-order valence-electron chi connectivity index (χ4n) is 1.99. The van der Waals surface area contributed by atoms with E-state index in [0.29, 0.717) is 23.6 Å². The van der Waals surface area contributed by atoms with Crippen molar-refractivity contribution in [1.29, 1.82) is 0 Å². The first kappa shape index (κ1) is 15.3. The third-order valence-electron chi connectivity index (χ3n) is 2.98. The Labute approximate surface area is 127 Å². The Morgan fingerprint density at radius 2 is 2.14 bits per heavy atom. The fraction of sp³-hybridized carbons (Fsp3) is 0.200. The molecule has 0 aliphatic carbocycles. The lowest BCUT2D eigenvalue weighted by Gasteiger charge is -2.21. The van der Waals surface area contributed by atoms with Crippen LogP contribution in [0.15, 0.2) is 36.4 Å². The topological polar surface area (TPSA) is 45.2 Å². The molecule has 110 valence electrons. The lowest BCUT2D eigenvalue weighted by atomic mass is 10.2. The van der Waals surface area contributed by atoms with Crippen molar-refractivity contribution in [1.82, 2.24) is 4.98 Å². The van der Waals surface area contributed by atoms with Crippen LogP contribution in [0.1, 0.15) is 17.3 Å². The predicted molar refractivity (Wildman–Crippen MR) is 82.5 cm³/mol. The quantitative estimate of drug-likeness (QED) is 0.878. The summed E-state index contributed by atoms with van der Waals surface area (Å²) in [6, 6.07) is 9.02. The second kappa shape index (κ2) is 6.54. The molecule has 0 unspecified atom stereocenters. The molecule has 2 rings (SSSR count). The molecular formula is C15H15ClFN3O. The van der Waals surface area contributed by atoms with E-state index in [9.17, 15) is 9.18 Å². The molecule has 2 aromatic rings. The highest BCUT2D eigenvalue weighted by molar-refractivity contribution is 6.30. The molecule has 0 saturated carbocycles. The second-order valence-electron chi connectivity index (χ2n) is 4.34. The minimum Gasteiger partial charge on any atom is -0.373 e. The lowest BCUT2D eigenvalue weighted by Crippen LogP contribution is -2.30. The summed E-state index contributed by atoms with van der Waals surface area (Å²) in [4.78, 5) is 18.1. The first-order valence-corrected chi connectivity index (χ1v) is 6.85. The second-order valence-corrected chi connectivity index (χ2v) is 4.73. The zero-order valence-electron chi connectivity index (χ0n) is 11.7. The molecule has 1 N–H and O–H groups in total. The Morgan fingerprint density at radius 1 is 1.38 bits per heavy atom. The van der Waals surface area contributed by atoms with Crippen LogP contribution in [-0.2, 0) is 0 Å². The van der Waals surface area contributed by atoms with Crippen molar-refractivity contribution in [3.8, 4) is 0 Å². The van der Waals surface area contributed by atoms with Crippen LogP contribution in [0.3, 0.4) is 0 Å². The van der Waals surface area contributed by atoms with Gasteiger partial charge in [0.2, 0.25) is 0 Å². The van der Waals surface area contributed by atoms with Gasteiger partial charge in [-0.3, -0.25) is 4.79 Å². The normalized spacial score (nSPS) is 10.3. The van der Waals surface area contributed by atoms with E-state index in [1.807, 2.05) is 6.92 Å². The Bertz CT molecular complexity index is 663. The Hall–Kier alpha value is -2.14. The average molecular weight is 308 g/mol. The summed E-state index contributed by atoms with van der Waals surface area (Å²) in [5, 5.41) is 3.07. The summed E-state index contributed by atoms with van der Waals surface area (Å²) in [6.07, 6.45) is 0. The number of rotatable bonds is 4. The van der Waals surface area contributed by atoms with Gasteiger partial charge in [-0.25, -0.2) is 9.37 Å². The number of anilines is 2. The van der Waals surface area contributed by atoms with Gasteiger partial charge in [0, 0.05) is 24.8 Å². The van der Waals surface area contributed by atoms with E-state index in [4.69, 9.17) is 11.6 Å². The first-order chi connectivity index (χ1) is 10.0. The summed E-state index contributed by atoms with van der Waals surface area (Å²) < 4.78 is 13.3. The summed E-state index contributed by atoms with van der Waals surface area (Å²) in [5.41, 5.74) is 0.895. The zero-order valence-corrected chi connectivity index (χ0v) is 12.5.